The molecule has 4 atom stereocenters. The van der Waals surface area contributed by atoms with Crippen LogP contribution in [-0.4, -0.2) is 48.0 Å². The number of esters is 1. The van der Waals surface area contributed by atoms with Crippen LogP contribution < -0.4 is 5.32 Å². The van der Waals surface area contributed by atoms with Crippen molar-refractivity contribution in [2.24, 2.45) is 5.92 Å². The number of carbonyl (C=O) groups is 2. The molecule has 1 spiro atoms. The van der Waals surface area contributed by atoms with Gasteiger partial charge in [0.15, 0.2) is 20.8 Å². The lowest BCUT2D eigenvalue weighted by Gasteiger charge is -2.23. The van der Waals surface area contributed by atoms with E-state index < -0.39 is 33.1 Å². The number of rotatable bonds is 12. The number of amides is 1. The first-order chi connectivity index (χ1) is 25.9. The normalized spacial score (nSPS) is 23.6. The molecule has 3 aromatic carbocycles. The maximum atomic E-state index is 14.3. The van der Waals surface area contributed by atoms with Crippen LogP contribution in [0, 0.1) is 5.92 Å². The van der Waals surface area contributed by atoms with Gasteiger partial charge in [0.2, 0.25) is 0 Å². The van der Waals surface area contributed by atoms with Crippen LogP contribution in [0.3, 0.4) is 0 Å². The fourth-order valence-corrected chi connectivity index (χ4v) is 10.4. The Balaban J connectivity index is 1.11. The molecular weight excluding hydrogens is 725 g/mol. The van der Waals surface area contributed by atoms with Gasteiger partial charge < -0.3 is 19.3 Å². The van der Waals surface area contributed by atoms with Crippen LogP contribution in [0.15, 0.2) is 95.2 Å². The summed E-state index contributed by atoms with van der Waals surface area (Å²) in [5, 5.41) is 15.4. The minimum Gasteiger partial charge on any atom is -0.462 e. The Bertz CT molecular complexity index is 2130. The number of hydrogen-bond acceptors (Lipinski definition) is 10. The molecule has 4 aliphatic rings. The second-order valence-corrected chi connectivity index (χ2v) is 18.3. The average molecular weight is 769 g/mol. The SMILES string of the molecule is CC(=O)OCC(C)(O)c1csc(NC(=O)/C(=C/[C@H]2CCC3(C2)O[C@H](c2ccccc2)[C@@H](c2ccccc2)O3)c2ccc(S(=O)(=O)C3CC3)c(C3CC3)c2)n1. The highest BCUT2D eigenvalue weighted by atomic mass is 32.2. The monoisotopic (exact) mass is 768 g/mol. The van der Waals surface area contributed by atoms with Crippen molar-refractivity contribution in [2.75, 3.05) is 11.9 Å². The summed E-state index contributed by atoms with van der Waals surface area (Å²) in [6.07, 6.45) is 6.39. The molecule has 4 fully saturated rings. The van der Waals surface area contributed by atoms with Crippen molar-refractivity contribution >= 4 is 43.8 Å². The molecule has 4 aromatic rings. The Morgan fingerprint density at radius 2 is 1.63 bits per heavy atom. The van der Waals surface area contributed by atoms with Gasteiger partial charge in [0.1, 0.15) is 24.4 Å². The highest BCUT2D eigenvalue weighted by Crippen LogP contribution is 2.55. The minimum atomic E-state index is -3.44. The van der Waals surface area contributed by atoms with Crippen molar-refractivity contribution in [1.29, 1.82) is 0 Å². The number of nitrogens with zero attached hydrogens (tertiary/aromatic N) is 1. The zero-order chi connectivity index (χ0) is 37.7. The molecule has 1 aromatic heterocycles. The summed E-state index contributed by atoms with van der Waals surface area (Å²) in [5.41, 5.74) is 2.57. The van der Waals surface area contributed by atoms with Crippen LogP contribution in [0.25, 0.3) is 5.57 Å². The first-order valence-corrected chi connectivity index (χ1v) is 21.0. The van der Waals surface area contributed by atoms with Gasteiger partial charge in [-0.25, -0.2) is 13.4 Å². The maximum Gasteiger partial charge on any atom is 0.302 e. The molecule has 8 rings (SSSR count). The van der Waals surface area contributed by atoms with Crippen LogP contribution in [0.5, 0.6) is 0 Å². The predicted molar refractivity (Wildman–Crippen MR) is 204 cm³/mol. The van der Waals surface area contributed by atoms with Gasteiger partial charge in [-0.05, 0) is 85.3 Å². The summed E-state index contributed by atoms with van der Waals surface area (Å²) < 4.78 is 45.7. The minimum absolute atomic E-state index is 0.0905. The molecule has 3 saturated carbocycles. The molecule has 3 aliphatic carbocycles. The number of benzene rings is 3. The number of ether oxygens (including phenoxy) is 3. The second kappa shape index (κ2) is 14.5. The molecule has 1 unspecified atom stereocenters. The van der Waals surface area contributed by atoms with E-state index in [0.29, 0.717) is 48.1 Å². The Morgan fingerprint density at radius 3 is 2.22 bits per heavy atom. The molecule has 1 saturated heterocycles. The van der Waals surface area contributed by atoms with Crippen LogP contribution in [0.4, 0.5) is 5.13 Å². The largest absolute Gasteiger partial charge is 0.462 e. The van der Waals surface area contributed by atoms with Gasteiger partial charge in [-0.1, -0.05) is 72.8 Å². The van der Waals surface area contributed by atoms with Crippen molar-refractivity contribution in [3.05, 3.63) is 118 Å². The van der Waals surface area contributed by atoms with Gasteiger partial charge in [0, 0.05) is 30.7 Å². The topological polar surface area (TPSA) is 141 Å². The summed E-state index contributed by atoms with van der Waals surface area (Å²) in [5.74, 6) is -1.74. The molecule has 54 heavy (non-hydrogen) atoms. The lowest BCUT2D eigenvalue weighted by Crippen LogP contribution is -2.29. The second-order valence-electron chi connectivity index (χ2n) is 15.2. The number of aromatic nitrogens is 1. The van der Waals surface area contributed by atoms with E-state index in [1.54, 1.807) is 17.5 Å². The van der Waals surface area contributed by atoms with Crippen molar-refractivity contribution in [2.45, 2.75) is 98.5 Å². The van der Waals surface area contributed by atoms with Gasteiger partial charge in [-0.3, -0.25) is 14.9 Å². The van der Waals surface area contributed by atoms with Gasteiger partial charge in [0.25, 0.3) is 5.91 Å². The third-order valence-corrected chi connectivity index (χ3v) is 13.9. The lowest BCUT2D eigenvalue weighted by molar-refractivity contribution is -0.172. The number of hydrogen-bond donors (Lipinski definition) is 2. The standard InChI is InChI=1S/C42H44N2O8S2/c1-26(45)50-25-41(2,47)36-24-53-40(43-36)44-39(46)34(31-15-18-35(33(22-31)28-13-14-28)54(48,49)32-16-17-32)21-27-19-20-42(23-27)51-37(29-9-5-3-6-10-29)38(52-42)30-11-7-4-8-12-30/h3-12,15,18,21-22,24,27-28,32,37-38,47H,13-14,16-17,19-20,23,25H2,1-2H3,(H,43,44,46)/b34-21+/t27-,37-,38-,41?/m1/s1. The fourth-order valence-electron chi connectivity index (χ4n) is 7.59. The van der Waals surface area contributed by atoms with E-state index in [2.05, 4.69) is 34.6 Å². The molecule has 0 radical (unpaired) electrons. The van der Waals surface area contributed by atoms with E-state index in [9.17, 15) is 23.1 Å². The summed E-state index contributed by atoms with van der Waals surface area (Å²) in [4.78, 5) is 30.6. The van der Waals surface area contributed by atoms with E-state index in [4.69, 9.17) is 14.2 Å². The van der Waals surface area contributed by atoms with Crippen LogP contribution in [0.1, 0.15) is 105 Å². The lowest BCUT2D eigenvalue weighted by atomic mass is 9.95. The fraction of sp³-hybridized carbons (Fsp3) is 0.405. The summed E-state index contributed by atoms with van der Waals surface area (Å²) in [7, 11) is -3.44. The average Bonchev–Trinajstić information content (AvgIpc) is 4.09. The van der Waals surface area contributed by atoms with Crippen molar-refractivity contribution in [3.63, 3.8) is 0 Å². The predicted octanol–water partition coefficient (Wildman–Crippen LogP) is 7.78. The van der Waals surface area contributed by atoms with Crippen molar-refractivity contribution in [1.82, 2.24) is 4.98 Å². The zero-order valence-corrected chi connectivity index (χ0v) is 31.9. The highest BCUT2D eigenvalue weighted by molar-refractivity contribution is 7.92. The van der Waals surface area contributed by atoms with E-state index in [1.807, 2.05) is 48.5 Å². The Morgan fingerprint density at radius 1 is 0.981 bits per heavy atom. The van der Waals surface area contributed by atoms with E-state index >= 15 is 0 Å². The smallest absolute Gasteiger partial charge is 0.302 e. The van der Waals surface area contributed by atoms with Gasteiger partial charge in [-0.15, -0.1) is 11.3 Å². The molecule has 2 N–H and O–H groups in total. The maximum absolute atomic E-state index is 14.3. The van der Waals surface area contributed by atoms with Gasteiger partial charge >= 0.3 is 5.97 Å². The molecule has 2 heterocycles. The first kappa shape index (κ1) is 36.8. The highest BCUT2D eigenvalue weighted by Gasteiger charge is 2.52. The summed E-state index contributed by atoms with van der Waals surface area (Å²) in [6, 6.07) is 25.5. The van der Waals surface area contributed by atoms with Crippen LogP contribution >= 0.6 is 11.3 Å². The van der Waals surface area contributed by atoms with Crippen molar-refractivity contribution < 1.29 is 37.3 Å². The number of sulfone groups is 1. The zero-order valence-electron chi connectivity index (χ0n) is 30.3. The third kappa shape index (κ3) is 7.67. The van der Waals surface area contributed by atoms with E-state index in [0.717, 1.165) is 40.9 Å². The van der Waals surface area contributed by atoms with Crippen molar-refractivity contribution in [3.8, 4) is 0 Å². The molecule has 282 valence electrons. The van der Waals surface area contributed by atoms with Gasteiger partial charge in [-0.2, -0.15) is 0 Å². The Labute approximate surface area is 319 Å². The third-order valence-electron chi connectivity index (χ3n) is 10.8. The van der Waals surface area contributed by atoms with Crippen LogP contribution in [-0.2, 0) is 39.2 Å². The first-order valence-electron chi connectivity index (χ1n) is 18.6. The molecule has 1 aliphatic heterocycles. The molecule has 1 amide bonds. The Kier molecular flexibility index (Phi) is 9.85. The number of aliphatic hydroxyl groups is 1. The van der Waals surface area contributed by atoms with Crippen LogP contribution in [0.2, 0.25) is 0 Å². The van der Waals surface area contributed by atoms with Gasteiger partial charge in [0.05, 0.1) is 15.8 Å². The number of carbonyl (C=O) groups excluding carboxylic acids is 2. The molecule has 10 nitrogen and oxygen atoms in total. The molecular formula is C42H44N2O8S2. The van der Waals surface area contributed by atoms with E-state index in [-0.39, 0.29) is 46.7 Å². The number of nitrogens with one attached hydrogen (secondary N) is 1. The van der Waals surface area contributed by atoms with E-state index in [1.165, 1.54) is 13.8 Å². The summed E-state index contributed by atoms with van der Waals surface area (Å²) in [6.45, 7) is 2.47. The number of thiazole rings is 1. The molecule has 12 heteroatoms. The number of anilines is 1. The number of allylic oxidation sites excluding steroid dienone is 1. The molecule has 0 bridgehead atoms. The summed E-state index contributed by atoms with van der Waals surface area (Å²) >= 11 is 1.15. The quantitative estimate of drug-likeness (QED) is 0.109. The Hall–Kier alpha value is -4.20.